The number of unbranched alkanes of at least 4 members (excludes halogenated alkanes) is 15. The molecule has 0 aliphatic carbocycles. The van der Waals surface area contributed by atoms with Gasteiger partial charge in [0.25, 0.3) is 0 Å². The van der Waals surface area contributed by atoms with Crippen LogP contribution in [0, 0.1) is 0 Å². The second kappa shape index (κ2) is 17.4. The fourth-order valence-electron chi connectivity index (χ4n) is 4.57. The SMILES string of the molecule is CCCCCCCCCCCCCCCCCCC1=NCCN1Cc1ccccc1. The van der Waals surface area contributed by atoms with Crippen LogP contribution in [-0.2, 0) is 6.54 Å². The minimum Gasteiger partial charge on any atom is -0.354 e. The van der Waals surface area contributed by atoms with Crippen molar-refractivity contribution in [3.63, 3.8) is 0 Å². The van der Waals surface area contributed by atoms with Crippen LogP contribution >= 0.6 is 0 Å². The third-order valence-electron chi connectivity index (χ3n) is 6.50. The van der Waals surface area contributed by atoms with E-state index < -0.39 is 0 Å². The quantitative estimate of drug-likeness (QED) is 0.208. The topological polar surface area (TPSA) is 15.6 Å². The molecule has 0 radical (unpaired) electrons. The van der Waals surface area contributed by atoms with Crippen LogP contribution in [0.1, 0.15) is 122 Å². The second-order valence-electron chi connectivity index (χ2n) is 9.26. The molecule has 0 saturated heterocycles. The molecular formula is C28H48N2. The smallest absolute Gasteiger partial charge is 0.0993 e. The lowest BCUT2D eigenvalue weighted by molar-refractivity contribution is 0.440. The van der Waals surface area contributed by atoms with Gasteiger partial charge in [0, 0.05) is 19.5 Å². The van der Waals surface area contributed by atoms with Crippen molar-refractivity contribution in [2.24, 2.45) is 4.99 Å². The highest BCUT2D eigenvalue weighted by molar-refractivity contribution is 5.83. The van der Waals surface area contributed by atoms with Crippen LogP contribution in [0.25, 0.3) is 0 Å². The third kappa shape index (κ3) is 11.8. The van der Waals surface area contributed by atoms with Gasteiger partial charge in [-0.3, -0.25) is 4.99 Å². The van der Waals surface area contributed by atoms with Crippen LogP contribution in [0.2, 0.25) is 0 Å². The molecule has 0 saturated carbocycles. The highest BCUT2D eigenvalue weighted by Gasteiger charge is 2.16. The molecule has 1 aliphatic rings. The lowest BCUT2D eigenvalue weighted by Gasteiger charge is -2.20. The Balaban J connectivity index is 1.35. The predicted molar refractivity (Wildman–Crippen MR) is 133 cm³/mol. The van der Waals surface area contributed by atoms with Crippen molar-refractivity contribution >= 4 is 5.84 Å². The molecule has 2 rings (SSSR count). The number of rotatable bonds is 19. The summed E-state index contributed by atoms with van der Waals surface area (Å²) >= 11 is 0. The van der Waals surface area contributed by atoms with Gasteiger partial charge in [0.2, 0.25) is 0 Å². The number of amidine groups is 1. The van der Waals surface area contributed by atoms with E-state index in [1.807, 2.05) is 0 Å². The van der Waals surface area contributed by atoms with Gasteiger partial charge < -0.3 is 4.90 Å². The van der Waals surface area contributed by atoms with Gasteiger partial charge in [-0.1, -0.05) is 134 Å². The summed E-state index contributed by atoms with van der Waals surface area (Å²) in [6.45, 7) is 5.41. The molecule has 0 fully saturated rings. The van der Waals surface area contributed by atoms with Gasteiger partial charge in [-0.2, -0.15) is 0 Å². The Morgan fingerprint density at radius 3 is 1.70 bits per heavy atom. The van der Waals surface area contributed by atoms with E-state index >= 15 is 0 Å². The van der Waals surface area contributed by atoms with Gasteiger partial charge in [0.15, 0.2) is 0 Å². The highest BCUT2D eigenvalue weighted by atomic mass is 15.2. The molecule has 0 spiro atoms. The monoisotopic (exact) mass is 412 g/mol. The molecule has 0 N–H and O–H groups in total. The van der Waals surface area contributed by atoms with Gasteiger partial charge in [-0.15, -0.1) is 0 Å². The summed E-state index contributed by atoms with van der Waals surface area (Å²) in [5.41, 5.74) is 1.40. The molecular weight excluding hydrogens is 364 g/mol. The second-order valence-corrected chi connectivity index (χ2v) is 9.26. The maximum Gasteiger partial charge on any atom is 0.0993 e. The summed E-state index contributed by atoms with van der Waals surface area (Å²) in [6.07, 6.45) is 24.1. The van der Waals surface area contributed by atoms with Crippen LogP contribution in [0.15, 0.2) is 35.3 Å². The first-order valence-electron chi connectivity index (χ1n) is 13.2. The van der Waals surface area contributed by atoms with Gasteiger partial charge >= 0.3 is 0 Å². The first kappa shape index (κ1) is 25.0. The van der Waals surface area contributed by atoms with Crippen LogP contribution in [0.3, 0.4) is 0 Å². The molecule has 1 aromatic carbocycles. The summed E-state index contributed by atoms with van der Waals surface area (Å²) in [4.78, 5) is 7.25. The van der Waals surface area contributed by atoms with Gasteiger partial charge in [0.1, 0.15) is 0 Å². The standard InChI is InChI=1S/C28H48N2/c1-2-3-4-5-6-7-8-9-10-11-12-13-14-15-16-20-23-28-29-24-25-30(28)26-27-21-18-17-19-22-27/h17-19,21-22H,2-16,20,23-26H2,1H3. The number of nitrogens with zero attached hydrogens (tertiary/aromatic N) is 2. The van der Waals surface area contributed by atoms with E-state index in [1.54, 1.807) is 0 Å². The summed E-state index contributed by atoms with van der Waals surface area (Å²) in [5.74, 6) is 1.35. The Morgan fingerprint density at radius 2 is 1.17 bits per heavy atom. The molecule has 170 valence electrons. The van der Waals surface area contributed by atoms with Crippen LogP contribution in [0.5, 0.6) is 0 Å². The Bertz CT molecular complexity index is 537. The van der Waals surface area contributed by atoms with Crippen molar-refractivity contribution in [3.8, 4) is 0 Å². The molecule has 0 amide bonds. The van der Waals surface area contributed by atoms with Crippen molar-refractivity contribution in [1.82, 2.24) is 4.90 Å². The zero-order chi connectivity index (χ0) is 21.1. The van der Waals surface area contributed by atoms with E-state index in [4.69, 9.17) is 4.99 Å². The molecule has 2 heteroatoms. The predicted octanol–water partition coefficient (Wildman–Crippen LogP) is 8.55. The molecule has 0 aromatic heterocycles. The first-order valence-corrected chi connectivity index (χ1v) is 13.2. The van der Waals surface area contributed by atoms with Crippen molar-refractivity contribution in [2.75, 3.05) is 13.1 Å². The van der Waals surface area contributed by atoms with Gasteiger partial charge in [0.05, 0.1) is 12.4 Å². The summed E-state index contributed by atoms with van der Waals surface area (Å²) in [5, 5.41) is 0. The van der Waals surface area contributed by atoms with Crippen molar-refractivity contribution in [2.45, 2.75) is 123 Å². The molecule has 30 heavy (non-hydrogen) atoms. The Morgan fingerprint density at radius 1 is 0.667 bits per heavy atom. The minimum absolute atomic E-state index is 0.987. The van der Waals surface area contributed by atoms with Crippen molar-refractivity contribution in [3.05, 3.63) is 35.9 Å². The van der Waals surface area contributed by atoms with E-state index in [1.165, 1.54) is 121 Å². The minimum atomic E-state index is 0.987. The first-order chi connectivity index (χ1) is 14.9. The van der Waals surface area contributed by atoms with Crippen LogP contribution in [-0.4, -0.2) is 23.8 Å². The zero-order valence-electron chi connectivity index (χ0n) is 19.9. The average molecular weight is 413 g/mol. The molecule has 1 aromatic rings. The summed E-state index contributed by atoms with van der Waals surface area (Å²) in [7, 11) is 0. The zero-order valence-corrected chi connectivity index (χ0v) is 19.9. The number of hydrogen-bond acceptors (Lipinski definition) is 2. The lowest BCUT2D eigenvalue weighted by Crippen LogP contribution is -2.27. The van der Waals surface area contributed by atoms with Crippen molar-refractivity contribution in [1.29, 1.82) is 0 Å². The number of aliphatic imine (C=N–C) groups is 1. The Kier molecular flexibility index (Phi) is 14.5. The molecule has 0 atom stereocenters. The fraction of sp³-hybridized carbons (Fsp3) is 0.750. The van der Waals surface area contributed by atoms with E-state index in [2.05, 4.69) is 42.2 Å². The Hall–Kier alpha value is -1.31. The highest BCUT2D eigenvalue weighted by Crippen LogP contribution is 2.16. The largest absolute Gasteiger partial charge is 0.354 e. The lowest BCUT2D eigenvalue weighted by atomic mass is 10.0. The van der Waals surface area contributed by atoms with E-state index in [0.29, 0.717) is 0 Å². The van der Waals surface area contributed by atoms with Crippen LogP contribution in [0.4, 0.5) is 0 Å². The van der Waals surface area contributed by atoms with Crippen molar-refractivity contribution < 1.29 is 0 Å². The maximum atomic E-state index is 4.76. The maximum absolute atomic E-state index is 4.76. The number of hydrogen-bond donors (Lipinski definition) is 0. The molecule has 0 unspecified atom stereocenters. The van der Waals surface area contributed by atoms with Crippen LogP contribution < -0.4 is 0 Å². The third-order valence-corrected chi connectivity index (χ3v) is 6.50. The molecule has 1 heterocycles. The molecule has 0 bridgehead atoms. The average Bonchev–Trinajstić information content (AvgIpc) is 3.21. The summed E-state index contributed by atoms with van der Waals surface area (Å²) < 4.78 is 0. The van der Waals surface area contributed by atoms with Gasteiger partial charge in [-0.25, -0.2) is 0 Å². The normalized spacial score (nSPS) is 13.8. The summed E-state index contributed by atoms with van der Waals surface area (Å²) in [6, 6.07) is 10.8. The van der Waals surface area contributed by atoms with Gasteiger partial charge in [-0.05, 0) is 12.0 Å². The van der Waals surface area contributed by atoms with E-state index in [-0.39, 0.29) is 0 Å². The Labute approximate surface area is 187 Å². The van der Waals surface area contributed by atoms with E-state index in [0.717, 1.165) is 19.6 Å². The molecule has 2 nitrogen and oxygen atoms in total. The molecule has 1 aliphatic heterocycles. The fourth-order valence-corrected chi connectivity index (χ4v) is 4.57. The van der Waals surface area contributed by atoms with E-state index in [9.17, 15) is 0 Å². The number of benzene rings is 1.